The minimum Gasteiger partial charge on any atom is -0.307 e. The summed E-state index contributed by atoms with van der Waals surface area (Å²) in [5, 5.41) is 21.5. The summed E-state index contributed by atoms with van der Waals surface area (Å²) in [6.07, 6.45) is 1.67. The lowest BCUT2D eigenvalue weighted by molar-refractivity contribution is -0.835. The predicted molar refractivity (Wildman–Crippen MR) is 62.2 cm³/mol. The maximum absolute atomic E-state index is 10.2. The van der Waals surface area contributed by atoms with Crippen LogP contribution < -0.4 is 0 Å². The Morgan fingerprint density at radius 2 is 1.88 bits per heavy atom. The molecule has 0 spiro atoms. The molecule has 0 atom stereocenters. The third kappa shape index (κ3) is 1.54. The fourth-order valence-corrected chi connectivity index (χ4v) is 2.33. The maximum Gasteiger partial charge on any atom is 0.283 e. The van der Waals surface area contributed by atoms with Crippen LogP contribution in [0.4, 0.5) is 0 Å². The van der Waals surface area contributed by atoms with Crippen LogP contribution in [0.25, 0.3) is 0 Å². The van der Waals surface area contributed by atoms with E-state index in [1.807, 2.05) is 32.0 Å². The molecule has 2 heterocycles. The van der Waals surface area contributed by atoms with Crippen LogP contribution in [0.15, 0.2) is 24.4 Å². The van der Waals surface area contributed by atoms with Crippen molar-refractivity contribution >= 4 is 5.71 Å². The van der Waals surface area contributed by atoms with E-state index < -0.39 is 11.2 Å². The predicted octanol–water partition coefficient (Wildman–Crippen LogP) is 1.49. The summed E-state index contributed by atoms with van der Waals surface area (Å²) in [5.74, 6) is 0. The van der Waals surface area contributed by atoms with E-state index in [9.17, 15) is 10.4 Å². The van der Waals surface area contributed by atoms with Crippen LogP contribution >= 0.6 is 0 Å². The minimum atomic E-state index is -0.879. The molecule has 5 nitrogen and oxygen atoms in total. The molecule has 0 aliphatic carbocycles. The molecule has 0 aromatic carbocycles. The Bertz CT molecular complexity index is 466. The smallest absolute Gasteiger partial charge is 0.283 e. The van der Waals surface area contributed by atoms with Crippen molar-refractivity contribution in [3.05, 3.63) is 30.1 Å². The number of rotatable bonds is 1. The molecule has 0 bridgehead atoms. The van der Waals surface area contributed by atoms with Crippen LogP contribution in [0.3, 0.4) is 0 Å². The number of aromatic nitrogens is 1. The Morgan fingerprint density at radius 1 is 1.24 bits per heavy atom. The summed E-state index contributed by atoms with van der Waals surface area (Å²) < 4.78 is 1.08. The summed E-state index contributed by atoms with van der Waals surface area (Å²) >= 11 is 0. The van der Waals surface area contributed by atoms with Gasteiger partial charge in [0, 0.05) is 24.8 Å². The summed E-state index contributed by atoms with van der Waals surface area (Å²) in [5.41, 5.74) is -0.335. The Morgan fingerprint density at radius 3 is 2.29 bits per heavy atom. The monoisotopic (exact) mass is 236 g/mol. The molecule has 0 saturated heterocycles. The first-order valence-electron chi connectivity index (χ1n) is 5.56. The van der Waals surface area contributed by atoms with Crippen LogP contribution in [-0.4, -0.2) is 42.1 Å². The number of nitrogens with zero attached hydrogens (tertiary/aromatic N) is 3. The van der Waals surface area contributed by atoms with Crippen molar-refractivity contribution < 1.29 is 15.2 Å². The summed E-state index contributed by atoms with van der Waals surface area (Å²) in [6, 6.07) is 5.48. The molecule has 1 aromatic rings. The van der Waals surface area contributed by atoms with Crippen molar-refractivity contribution in [2.45, 2.75) is 38.9 Å². The van der Waals surface area contributed by atoms with Gasteiger partial charge < -0.3 is 5.21 Å². The molecule has 17 heavy (non-hydrogen) atoms. The molecular weight excluding hydrogens is 218 g/mol. The molecule has 1 aliphatic heterocycles. The van der Waals surface area contributed by atoms with Crippen LogP contribution in [-0.2, 0) is 0 Å². The molecular formula is C12H18N3O2+. The zero-order valence-corrected chi connectivity index (χ0v) is 10.5. The van der Waals surface area contributed by atoms with Gasteiger partial charge in [0.25, 0.3) is 11.4 Å². The molecule has 1 aromatic heterocycles. The van der Waals surface area contributed by atoms with Gasteiger partial charge in [0.05, 0.1) is 0 Å². The van der Waals surface area contributed by atoms with E-state index in [1.54, 1.807) is 20.0 Å². The second kappa shape index (κ2) is 3.51. The molecule has 5 heteroatoms. The van der Waals surface area contributed by atoms with Crippen LogP contribution in [0, 0.1) is 0 Å². The molecule has 0 amide bonds. The number of hydroxylamine groups is 3. The third-order valence-corrected chi connectivity index (χ3v) is 3.26. The van der Waals surface area contributed by atoms with Crippen LogP contribution in [0.5, 0.6) is 0 Å². The quantitative estimate of drug-likeness (QED) is 0.573. The Labute approximate surface area is 101 Å². The highest BCUT2D eigenvalue weighted by atomic mass is 16.6. The first-order valence-corrected chi connectivity index (χ1v) is 5.56. The van der Waals surface area contributed by atoms with Gasteiger partial charge in [0.2, 0.25) is 0 Å². The molecule has 0 fully saturated rings. The van der Waals surface area contributed by atoms with Crippen molar-refractivity contribution in [2.75, 3.05) is 0 Å². The molecule has 2 N–H and O–H groups in total. The molecule has 0 saturated carbocycles. The SMILES string of the molecule is CC1(C)C(c2ccccn2)=[N+](O)C(C)(C)N1O. The van der Waals surface area contributed by atoms with Gasteiger partial charge in [-0.2, -0.15) is 0 Å². The maximum atomic E-state index is 10.2. The topological polar surface area (TPSA) is 59.6 Å². The van der Waals surface area contributed by atoms with Gasteiger partial charge in [-0.15, -0.1) is 5.06 Å². The minimum absolute atomic E-state index is 0.589. The van der Waals surface area contributed by atoms with Gasteiger partial charge in [-0.3, -0.25) is 10.2 Å². The van der Waals surface area contributed by atoms with E-state index in [-0.39, 0.29) is 0 Å². The third-order valence-electron chi connectivity index (χ3n) is 3.26. The van der Waals surface area contributed by atoms with E-state index in [1.165, 1.54) is 0 Å². The summed E-state index contributed by atoms with van der Waals surface area (Å²) in [7, 11) is 0. The normalized spacial score (nSPS) is 23.1. The second-order valence-electron chi connectivity index (χ2n) is 5.24. The van der Waals surface area contributed by atoms with Gasteiger partial charge >= 0.3 is 0 Å². The number of hydrogen-bond acceptors (Lipinski definition) is 4. The van der Waals surface area contributed by atoms with Crippen molar-refractivity contribution in [1.29, 1.82) is 0 Å². The highest BCUT2D eigenvalue weighted by molar-refractivity contribution is 6.02. The Hall–Kier alpha value is -1.46. The van der Waals surface area contributed by atoms with Gasteiger partial charge in [-0.1, -0.05) is 6.07 Å². The Balaban J connectivity index is 2.63. The lowest BCUT2D eigenvalue weighted by Crippen LogP contribution is -2.51. The van der Waals surface area contributed by atoms with Crippen LogP contribution in [0.1, 0.15) is 33.4 Å². The fourth-order valence-electron chi connectivity index (χ4n) is 2.33. The van der Waals surface area contributed by atoms with E-state index in [0.717, 1.165) is 9.80 Å². The first-order chi connectivity index (χ1) is 7.79. The second-order valence-corrected chi connectivity index (χ2v) is 5.24. The van der Waals surface area contributed by atoms with Gasteiger partial charge in [-0.05, 0) is 26.0 Å². The lowest BCUT2D eigenvalue weighted by Gasteiger charge is -2.27. The first kappa shape index (κ1) is 12.0. The van der Waals surface area contributed by atoms with Gasteiger partial charge in [-0.25, -0.2) is 0 Å². The standard InChI is InChI=1S/C12H18N3O2/c1-11(2)10(9-7-5-6-8-13-9)14(16)12(3,4)15(11)17/h5-8,16-17H,1-4H3/q+1. The molecule has 0 radical (unpaired) electrons. The molecule has 1 aliphatic rings. The largest absolute Gasteiger partial charge is 0.307 e. The van der Waals surface area contributed by atoms with E-state index in [0.29, 0.717) is 11.4 Å². The van der Waals surface area contributed by atoms with Gasteiger partial charge in [0.1, 0.15) is 11.2 Å². The average Bonchev–Trinajstić information content (AvgIpc) is 2.39. The van der Waals surface area contributed by atoms with Crippen LogP contribution in [0.2, 0.25) is 0 Å². The van der Waals surface area contributed by atoms with Crippen molar-refractivity contribution in [3.63, 3.8) is 0 Å². The number of pyridine rings is 1. The summed E-state index contributed by atoms with van der Waals surface area (Å²) in [4.78, 5) is 4.23. The zero-order chi connectivity index (χ0) is 12.8. The molecule has 92 valence electrons. The van der Waals surface area contributed by atoms with Crippen molar-refractivity contribution in [3.8, 4) is 0 Å². The Kier molecular flexibility index (Phi) is 2.48. The summed E-state index contributed by atoms with van der Waals surface area (Å²) in [6.45, 7) is 7.17. The van der Waals surface area contributed by atoms with E-state index in [4.69, 9.17) is 0 Å². The molecule has 0 unspecified atom stereocenters. The zero-order valence-electron chi connectivity index (χ0n) is 10.5. The van der Waals surface area contributed by atoms with Crippen molar-refractivity contribution in [2.24, 2.45) is 0 Å². The lowest BCUT2D eigenvalue weighted by atomic mass is 9.96. The highest BCUT2D eigenvalue weighted by Gasteiger charge is 2.60. The molecule has 2 rings (SSSR count). The average molecular weight is 236 g/mol. The highest BCUT2D eigenvalue weighted by Crippen LogP contribution is 2.33. The van der Waals surface area contributed by atoms with Crippen molar-refractivity contribution in [1.82, 2.24) is 10.0 Å². The van der Waals surface area contributed by atoms with Gasteiger partial charge in [0.15, 0.2) is 0 Å². The van der Waals surface area contributed by atoms with E-state index in [2.05, 4.69) is 4.98 Å². The van der Waals surface area contributed by atoms with E-state index >= 15 is 0 Å². The number of hydrogen-bond donors (Lipinski definition) is 2. The fraction of sp³-hybridized carbons (Fsp3) is 0.500.